The first kappa shape index (κ1) is 21.2. The predicted octanol–water partition coefficient (Wildman–Crippen LogP) is 1.52. The highest BCUT2D eigenvalue weighted by molar-refractivity contribution is 7.91. The highest BCUT2D eigenvalue weighted by Crippen LogP contribution is 2.19. The molecule has 0 bridgehead atoms. The molecule has 0 fully saturated rings. The number of aromatic nitrogens is 4. The fraction of sp³-hybridized carbons (Fsp3) is 0.263. The highest BCUT2D eigenvalue weighted by Gasteiger charge is 2.21. The number of nitrogens with zero attached hydrogens (tertiary/aromatic N) is 4. The SMILES string of the molecule is Cc1c(NC(=O)c2c(NC(=O)CCS(=O)(=O)c3ccccc3)cnn2C)cnn1C. The largest absolute Gasteiger partial charge is 0.323 e. The van der Waals surface area contributed by atoms with Gasteiger partial charge < -0.3 is 10.6 Å². The monoisotopic (exact) mass is 430 g/mol. The number of benzene rings is 1. The third-order valence-electron chi connectivity index (χ3n) is 4.61. The van der Waals surface area contributed by atoms with E-state index in [4.69, 9.17) is 0 Å². The van der Waals surface area contributed by atoms with E-state index in [1.165, 1.54) is 29.2 Å². The summed E-state index contributed by atoms with van der Waals surface area (Å²) >= 11 is 0. The van der Waals surface area contributed by atoms with Gasteiger partial charge in [-0.1, -0.05) is 18.2 Å². The number of anilines is 2. The van der Waals surface area contributed by atoms with Gasteiger partial charge in [-0.2, -0.15) is 10.2 Å². The van der Waals surface area contributed by atoms with E-state index in [2.05, 4.69) is 20.8 Å². The van der Waals surface area contributed by atoms with Gasteiger partial charge in [0.05, 0.1) is 40.1 Å². The van der Waals surface area contributed by atoms with E-state index in [1.54, 1.807) is 37.0 Å². The number of sulfone groups is 1. The number of aryl methyl sites for hydroxylation is 2. The van der Waals surface area contributed by atoms with Gasteiger partial charge >= 0.3 is 0 Å². The maximum Gasteiger partial charge on any atom is 0.276 e. The molecule has 0 unspecified atom stereocenters. The van der Waals surface area contributed by atoms with Gasteiger partial charge in [0.2, 0.25) is 5.91 Å². The van der Waals surface area contributed by atoms with Crippen LogP contribution in [0.2, 0.25) is 0 Å². The minimum Gasteiger partial charge on any atom is -0.323 e. The van der Waals surface area contributed by atoms with Crippen molar-refractivity contribution in [2.75, 3.05) is 16.4 Å². The van der Waals surface area contributed by atoms with Gasteiger partial charge in [0.1, 0.15) is 5.69 Å². The molecule has 0 radical (unpaired) electrons. The van der Waals surface area contributed by atoms with Gasteiger partial charge in [-0.15, -0.1) is 0 Å². The minimum absolute atomic E-state index is 0.137. The van der Waals surface area contributed by atoms with Crippen LogP contribution in [-0.4, -0.2) is 45.5 Å². The van der Waals surface area contributed by atoms with Crippen molar-refractivity contribution in [2.45, 2.75) is 18.2 Å². The second-order valence-electron chi connectivity index (χ2n) is 6.68. The van der Waals surface area contributed by atoms with Gasteiger partial charge in [-0.25, -0.2) is 8.42 Å². The van der Waals surface area contributed by atoms with Gasteiger partial charge in [0, 0.05) is 20.5 Å². The van der Waals surface area contributed by atoms with E-state index in [9.17, 15) is 18.0 Å². The van der Waals surface area contributed by atoms with E-state index in [-0.39, 0.29) is 28.5 Å². The molecule has 0 aliphatic carbocycles. The van der Waals surface area contributed by atoms with E-state index < -0.39 is 21.7 Å². The normalized spacial score (nSPS) is 11.3. The van der Waals surface area contributed by atoms with Gasteiger partial charge in [0.15, 0.2) is 9.84 Å². The summed E-state index contributed by atoms with van der Waals surface area (Å²) in [5.41, 5.74) is 1.63. The molecule has 3 rings (SSSR count). The molecular formula is C19H22N6O4S. The molecule has 0 aliphatic heterocycles. The van der Waals surface area contributed by atoms with Crippen molar-refractivity contribution in [3.05, 3.63) is 54.1 Å². The first-order valence-electron chi connectivity index (χ1n) is 9.08. The minimum atomic E-state index is -3.58. The van der Waals surface area contributed by atoms with Gasteiger partial charge in [-0.05, 0) is 19.1 Å². The first-order chi connectivity index (χ1) is 14.2. The van der Waals surface area contributed by atoms with Gasteiger partial charge in [0.25, 0.3) is 5.91 Å². The van der Waals surface area contributed by atoms with E-state index in [0.717, 1.165) is 5.69 Å². The molecule has 3 aromatic rings. The van der Waals surface area contributed by atoms with Crippen LogP contribution in [0.15, 0.2) is 47.6 Å². The summed E-state index contributed by atoms with van der Waals surface area (Å²) in [5.74, 6) is -1.35. The quantitative estimate of drug-likeness (QED) is 0.585. The lowest BCUT2D eigenvalue weighted by Crippen LogP contribution is -2.21. The van der Waals surface area contributed by atoms with E-state index in [0.29, 0.717) is 5.69 Å². The number of nitrogens with one attached hydrogen (secondary N) is 2. The zero-order valence-electron chi connectivity index (χ0n) is 16.8. The summed E-state index contributed by atoms with van der Waals surface area (Å²) in [7, 11) is -0.258. The molecule has 2 N–H and O–H groups in total. The van der Waals surface area contributed by atoms with Crippen LogP contribution in [0.1, 0.15) is 22.6 Å². The third-order valence-corrected chi connectivity index (χ3v) is 6.34. The van der Waals surface area contributed by atoms with Crippen molar-refractivity contribution in [1.82, 2.24) is 19.6 Å². The molecule has 0 aliphatic rings. The fourth-order valence-corrected chi connectivity index (χ4v) is 4.05. The van der Waals surface area contributed by atoms with Crippen LogP contribution < -0.4 is 10.6 Å². The Balaban J connectivity index is 1.68. The third kappa shape index (κ3) is 4.57. The highest BCUT2D eigenvalue weighted by atomic mass is 32.2. The van der Waals surface area contributed by atoms with Crippen molar-refractivity contribution in [3.63, 3.8) is 0 Å². The molecule has 0 saturated heterocycles. The smallest absolute Gasteiger partial charge is 0.276 e. The Labute approximate surface area is 173 Å². The summed E-state index contributed by atoms with van der Waals surface area (Å²) in [6.45, 7) is 1.81. The van der Waals surface area contributed by atoms with Crippen molar-refractivity contribution in [1.29, 1.82) is 0 Å². The number of hydrogen-bond acceptors (Lipinski definition) is 6. The maximum absolute atomic E-state index is 12.7. The summed E-state index contributed by atoms with van der Waals surface area (Å²) in [4.78, 5) is 25.2. The lowest BCUT2D eigenvalue weighted by molar-refractivity contribution is -0.115. The lowest BCUT2D eigenvalue weighted by atomic mass is 10.3. The fourth-order valence-electron chi connectivity index (χ4n) is 2.79. The van der Waals surface area contributed by atoms with Crippen LogP contribution in [0.5, 0.6) is 0 Å². The predicted molar refractivity (Wildman–Crippen MR) is 111 cm³/mol. The van der Waals surface area contributed by atoms with Crippen LogP contribution in [0.25, 0.3) is 0 Å². The van der Waals surface area contributed by atoms with E-state index >= 15 is 0 Å². The second kappa shape index (κ2) is 8.49. The Morgan fingerprint density at radius 2 is 1.60 bits per heavy atom. The van der Waals surface area contributed by atoms with E-state index in [1.807, 2.05) is 6.92 Å². The van der Waals surface area contributed by atoms with Crippen molar-refractivity contribution in [3.8, 4) is 0 Å². The summed E-state index contributed by atoms with van der Waals surface area (Å²) in [6, 6.07) is 7.93. The molecule has 1 aromatic carbocycles. The average molecular weight is 430 g/mol. The number of rotatable bonds is 7. The lowest BCUT2D eigenvalue weighted by Gasteiger charge is -2.09. The molecule has 11 heteroatoms. The van der Waals surface area contributed by atoms with Crippen LogP contribution in [0.4, 0.5) is 11.4 Å². The van der Waals surface area contributed by atoms with Crippen LogP contribution in [0, 0.1) is 6.92 Å². The molecular weight excluding hydrogens is 408 g/mol. The van der Waals surface area contributed by atoms with Gasteiger partial charge in [-0.3, -0.25) is 19.0 Å². The number of carbonyl (C=O) groups is 2. The Hall–Kier alpha value is -3.47. The molecule has 0 spiro atoms. The summed E-state index contributed by atoms with van der Waals surface area (Å²) < 4.78 is 27.6. The van der Waals surface area contributed by atoms with Crippen molar-refractivity contribution < 1.29 is 18.0 Å². The zero-order chi connectivity index (χ0) is 21.9. The molecule has 0 atom stereocenters. The molecule has 158 valence electrons. The number of carbonyl (C=O) groups excluding carboxylic acids is 2. The summed E-state index contributed by atoms with van der Waals surface area (Å²) in [6.07, 6.45) is 2.61. The van der Waals surface area contributed by atoms with Crippen LogP contribution in [-0.2, 0) is 28.7 Å². The molecule has 2 aromatic heterocycles. The average Bonchev–Trinajstić information content (AvgIpc) is 3.23. The number of hydrogen-bond donors (Lipinski definition) is 2. The van der Waals surface area contributed by atoms with Crippen LogP contribution >= 0.6 is 0 Å². The van der Waals surface area contributed by atoms with Crippen molar-refractivity contribution in [2.24, 2.45) is 14.1 Å². The second-order valence-corrected chi connectivity index (χ2v) is 8.79. The molecule has 0 saturated carbocycles. The standard InChI is InChI=1S/C19H22N6O4S/c1-13-15(11-20-24(13)2)23-19(27)18-16(12-21-25(18)3)22-17(26)9-10-30(28,29)14-7-5-4-6-8-14/h4-8,11-12H,9-10H2,1-3H3,(H,22,26)(H,23,27). The summed E-state index contributed by atoms with van der Waals surface area (Å²) in [5, 5.41) is 13.4. The Morgan fingerprint density at radius 3 is 2.23 bits per heavy atom. The zero-order valence-corrected chi connectivity index (χ0v) is 17.6. The molecule has 2 amide bonds. The topological polar surface area (TPSA) is 128 Å². The van der Waals surface area contributed by atoms with Crippen LogP contribution in [0.3, 0.4) is 0 Å². The molecule has 2 heterocycles. The Kier molecular flexibility index (Phi) is 6.01. The molecule has 10 nitrogen and oxygen atoms in total. The van der Waals surface area contributed by atoms with Crippen molar-refractivity contribution >= 4 is 33.0 Å². The number of amides is 2. The maximum atomic E-state index is 12.7. The Morgan fingerprint density at radius 1 is 0.967 bits per heavy atom. The first-order valence-corrected chi connectivity index (χ1v) is 10.7. The molecule has 30 heavy (non-hydrogen) atoms. The Bertz CT molecular complexity index is 1180.